The lowest BCUT2D eigenvalue weighted by Crippen LogP contribution is -2.67. The Morgan fingerprint density at radius 3 is 1.19 bits per heavy atom. The Morgan fingerprint density at radius 1 is 0.630 bits per heavy atom. The Morgan fingerprint density at radius 2 is 0.926 bits per heavy atom. The molecule has 0 aromatic heterocycles. The van der Waals surface area contributed by atoms with Crippen molar-refractivity contribution in [1.82, 2.24) is 0 Å². The monoisotopic (exact) mass is 392 g/mol. The van der Waals surface area contributed by atoms with Gasteiger partial charge in [0.05, 0.1) is 0 Å². The van der Waals surface area contributed by atoms with Crippen molar-refractivity contribution in [2.24, 2.45) is 0 Å². The van der Waals surface area contributed by atoms with Crippen LogP contribution in [0.5, 0.6) is 0 Å². The van der Waals surface area contributed by atoms with Gasteiger partial charge in [-0.15, -0.1) is 39.5 Å². The molecular weight excluding hydrogens is 358 g/mol. The third-order valence-electron chi connectivity index (χ3n) is 5.05. The summed E-state index contributed by atoms with van der Waals surface area (Å²) in [5, 5.41) is 0. The number of anilines is 1. The third kappa shape index (κ3) is 5.44. The van der Waals surface area contributed by atoms with Gasteiger partial charge in [-0.1, -0.05) is 48.6 Å². The fourth-order valence-corrected chi connectivity index (χ4v) is 16.6. The fraction of sp³-hybridized carbons (Fsp3) is 0.250. The lowest BCUT2D eigenvalue weighted by molar-refractivity contribution is 1.18. The van der Waals surface area contributed by atoms with Gasteiger partial charge in [-0.05, 0) is 54.5 Å². The minimum atomic E-state index is -2.03. The number of benzene rings is 1. The van der Waals surface area contributed by atoms with E-state index in [4.69, 9.17) is 0 Å². The Hall–Kier alpha value is -2.11. The van der Waals surface area contributed by atoms with Gasteiger partial charge in [0.15, 0.2) is 16.5 Å². The number of nitrogens with zero attached hydrogens (tertiary/aromatic N) is 1. The molecule has 27 heavy (non-hydrogen) atoms. The summed E-state index contributed by atoms with van der Waals surface area (Å²) in [6, 6.07) is 17.5. The zero-order chi connectivity index (χ0) is 20.2. The third-order valence-corrected chi connectivity index (χ3v) is 16.6. The minimum Gasteiger partial charge on any atom is -0.422 e. The molecule has 1 radical (unpaired) electrons. The van der Waals surface area contributed by atoms with Crippen LogP contribution in [0.3, 0.4) is 0 Å². The topological polar surface area (TPSA) is 3.24 Å². The maximum absolute atomic E-state index is 4.09. The van der Waals surface area contributed by atoms with Gasteiger partial charge < -0.3 is 4.23 Å². The summed E-state index contributed by atoms with van der Waals surface area (Å²) >= 11 is 0. The van der Waals surface area contributed by atoms with Crippen molar-refractivity contribution in [3.05, 3.63) is 106 Å². The predicted octanol–water partition coefficient (Wildman–Crippen LogP) is 7.30. The molecule has 0 aliphatic carbocycles. The SMILES string of the molecule is C=CC[Si](CC=C)(CC=C)N(c1cc[c]cc1)[Si](CC=C)(CC=C)CC=C. The Kier molecular flexibility index (Phi) is 9.83. The zero-order valence-corrected chi connectivity index (χ0v) is 18.7. The van der Waals surface area contributed by atoms with E-state index in [0.29, 0.717) is 0 Å². The van der Waals surface area contributed by atoms with Crippen LogP contribution in [0.4, 0.5) is 5.69 Å². The van der Waals surface area contributed by atoms with E-state index in [1.165, 1.54) is 5.69 Å². The second kappa shape index (κ2) is 11.6. The van der Waals surface area contributed by atoms with E-state index >= 15 is 0 Å². The molecule has 143 valence electrons. The minimum absolute atomic E-state index is 0.990. The summed E-state index contributed by atoms with van der Waals surface area (Å²) in [6.07, 6.45) is 12.5. The molecule has 0 saturated heterocycles. The quantitative estimate of drug-likeness (QED) is 0.223. The van der Waals surface area contributed by atoms with Gasteiger partial charge >= 0.3 is 0 Å². The first-order chi connectivity index (χ1) is 13.1. The molecule has 0 N–H and O–H groups in total. The smallest absolute Gasteiger partial charge is 0.159 e. The number of allylic oxidation sites excluding steroid dienone is 6. The Bertz CT molecular complexity index is 557. The highest BCUT2D eigenvalue weighted by Crippen LogP contribution is 2.41. The number of rotatable bonds is 15. The fourth-order valence-electron chi connectivity index (χ4n) is 4.24. The first-order valence-electron chi connectivity index (χ1n) is 9.51. The summed E-state index contributed by atoms with van der Waals surface area (Å²) in [6.45, 7) is 24.6. The van der Waals surface area contributed by atoms with Gasteiger partial charge in [-0.3, -0.25) is 0 Å². The van der Waals surface area contributed by atoms with E-state index in [2.05, 4.69) is 98.4 Å². The molecule has 0 heterocycles. The molecule has 1 aromatic carbocycles. The van der Waals surface area contributed by atoms with Crippen LogP contribution >= 0.6 is 0 Å². The number of hydrogen-bond acceptors (Lipinski definition) is 1. The lowest BCUT2D eigenvalue weighted by atomic mass is 10.3. The lowest BCUT2D eigenvalue weighted by Gasteiger charge is -2.54. The van der Waals surface area contributed by atoms with E-state index in [1.54, 1.807) is 0 Å². The molecule has 0 saturated carbocycles. The summed E-state index contributed by atoms with van der Waals surface area (Å²) in [5.74, 6) is 0. The van der Waals surface area contributed by atoms with Crippen LogP contribution < -0.4 is 4.23 Å². The highest BCUT2D eigenvalue weighted by atomic mass is 28.4. The summed E-state index contributed by atoms with van der Waals surface area (Å²) in [4.78, 5) is 0. The molecule has 0 amide bonds. The van der Waals surface area contributed by atoms with E-state index < -0.39 is 16.5 Å². The molecule has 1 nitrogen and oxygen atoms in total. The molecule has 1 aromatic rings. The molecule has 0 spiro atoms. The van der Waals surface area contributed by atoms with Gasteiger partial charge in [0.1, 0.15) is 0 Å². The van der Waals surface area contributed by atoms with Crippen molar-refractivity contribution in [2.45, 2.75) is 36.3 Å². The predicted molar refractivity (Wildman–Crippen MR) is 129 cm³/mol. The van der Waals surface area contributed by atoms with Crippen LogP contribution in [0.25, 0.3) is 0 Å². The van der Waals surface area contributed by atoms with Crippen LogP contribution in [0.15, 0.2) is 100 Å². The van der Waals surface area contributed by atoms with Crippen molar-refractivity contribution < 1.29 is 0 Å². The Balaban J connectivity index is 3.83. The average Bonchev–Trinajstić information content (AvgIpc) is 2.64. The highest BCUT2D eigenvalue weighted by Gasteiger charge is 2.48. The van der Waals surface area contributed by atoms with E-state index in [-0.39, 0.29) is 0 Å². The molecule has 0 unspecified atom stereocenters. The van der Waals surface area contributed by atoms with Crippen molar-refractivity contribution in [3.63, 3.8) is 0 Å². The van der Waals surface area contributed by atoms with Gasteiger partial charge in [0.2, 0.25) is 0 Å². The maximum Gasteiger partial charge on any atom is 0.159 e. The highest BCUT2D eigenvalue weighted by molar-refractivity contribution is 7.03. The maximum atomic E-state index is 4.09. The molecule has 0 fully saturated rings. The summed E-state index contributed by atoms with van der Waals surface area (Å²) in [7, 11) is -4.06. The van der Waals surface area contributed by atoms with Crippen LogP contribution in [0.2, 0.25) is 36.3 Å². The van der Waals surface area contributed by atoms with Gasteiger partial charge in [-0.25, -0.2) is 0 Å². The van der Waals surface area contributed by atoms with Crippen molar-refractivity contribution in [2.75, 3.05) is 4.23 Å². The largest absolute Gasteiger partial charge is 0.422 e. The molecular formula is C24H34NSi2. The van der Waals surface area contributed by atoms with Gasteiger partial charge in [0, 0.05) is 5.69 Å². The molecule has 1 rings (SSSR count). The van der Waals surface area contributed by atoms with Crippen molar-refractivity contribution >= 4 is 22.2 Å². The number of hydrogen-bond donors (Lipinski definition) is 0. The summed E-state index contributed by atoms with van der Waals surface area (Å²) in [5.41, 5.74) is 1.27. The molecule has 0 bridgehead atoms. The van der Waals surface area contributed by atoms with E-state index in [0.717, 1.165) is 36.3 Å². The molecule has 0 aliphatic rings. The first kappa shape index (κ1) is 22.9. The summed E-state index contributed by atoms with van der Waals surface area (Å²) < 4.78 is 2.81. The van der Waals surface area contributed by atoms with E-state index in [9.17, 15) is 0 Å². The second-order valence-corrected chi connectivity index (χ2v) is 15.7. The standard InChI is InChI=1S/C24H34NSi2/c1-7-18-26(19-8-2,20-9-3)25(24-16-14-13-15-17-24)27(21-10-4,22-11-5)23-12-6/h7-12,14-17H,1-6,18-23H2. The normalized spacial score (nSPS) is 11.3. The second-order valence-electron chi connectivity index (χ2n) is 7.00. The van der Waals surface area contributed by atoms with Crippen LogP contribution in [-0.2, 0) is 0 Å². The van der Waals surface area contributed by atoms with Gasteiger partial charge in [-0.2, -0.15) is 0 Å². The van der Waals surface area contributed by atoms with Crippen LogP contribution in [0.1, 0.15) is 0 Å². The molecule has 3 heteroatoms. The Labute approximate surface area is 169 Å². The molecule has 0 atom stereocenters. The van der Waals surface area contributed by atoms with Crippen LogP contribution in [0, 0.1) is 6.07 Å². The average molecular weight is 393 g/mol. The van der Waals surface area contributed by atoms with E-state index in [1.807, 2.05) is 12.1 Å². The van der Waals surface area contributed by atoms with Gasteiger partial charge in [0.25, 0.3) is 0 Å². The molecule has 0 aliphatic heterocycles. The van der Waals surface area contributed by atoms with Crippen LogP contribution in [-0.4, -0.2) is 16.5 Å². The van der Waals surface area contributed by atoms with Crippen molar-refractivity contribution in [3.8, 4) is 0 Å². The first-order valence-corrected chi connectivity index (χ1v) is 14.6. The van der Waals surface area contributed by atoms with Crippen molar-refractivity contribution in [1.29, 1.82) is 0 Å². The zero-order valence-electron chi connectivity index (χ0n) is 16.7.